The SMILES string of the molecule is c1ccc(-c2ccc3c(c2)c2cc(-c4ccc(-c5ccc6c7ccccc7n(-c7ccc8ccccc8c7)c6c5)cc4)ccc2n3-c2ccccc2)cc1. The molecular formula is C52H34N2. The fourth-order valence-electron chi connectivity index (χ4n) is 8.47. The maximum atomic E-state index is 2.42. The lowest BCUT2D eigenvalue weighted by atomic mass is 9.98. The quantitative estimate of drug-likeness (QED) is 0.171. The summed E-state index contributed by atoms with van der Waals surface area (Å²) in [5.74, 6) is 0. The van der Waals surface area contributed by atoms with Gasteiger partial charge < -0.3 is 9.13 Å². The summed E-state index contributed by atoms with van der Waals surface area (Å²) in [5, 5.41) is 7.52. The minimum atomic E-state index is 1.17. The molecule has 0 atom stereocenters. The van der Waals surface area contributed by atoms with Crippen molar-refractivity contribution in [2.45, 2.75) is 0 Å². The van der Waals surface area contributed by atoms with Gasteiger partial charge in [0.05, 0.1) is 22.1 Å². The summed E-state index contributed by atoms with van der Waals surface area (Å²) in [5.41, 5.74) is 14.4. The van der Waals surface area contributed by atoms with E-state index in [1.165, 1.54) is 99.1 Å². The average molecular weight is 687 g/mol. The maximum absolute atomic E-state index is 2.42. The van der Waals surface area contributed by atoms with Crippen LogP contribution in [0.25, 0.3) is 99.1 Å². The molecule has 0 saturated carbocycles. The predicted octanol–water partition coefficient (Wildman–Crippen LogP) is 14.0. The minimum Gasteiger partial charge on any atom is -0.309 e. The molecule has 2 aromatic heterocycles. The van der Waals surface area contributed by atoms with Gasteiger partial charge in [-0.3, -0.25) is 0 Å². The number of nitrogens with zero attached hydrogens (tertiary/aromatic N) is 2. The molecule has 11 rings (SSSR count). The van der Waals surface area contributed by atoms with Gasteiger partial charge >= 0.3 is 0 Å². The van der Waals surface area contributed by atoms with Crippen LogP contribution in [0.2, 0.25) is 0 Å². The summed E-state index contributed by atoms with van der Waals surface area (Å²) >= 11 is 0. The van der Waals surface area contributed by atoms with Crippen LogP contribution in [-0.4, -0.2) is 9.13 Å². The second-order valence-electron chi connectivity index (χ2n) is 14.2. The number of rotatable bonds is 5. The zero-order valence-electron chi connectivity index (χ0n) is 29.5. The van der Waals surface area contributed by atoms with Crippen molar-refractivity contribution >= 4 is 54.4 Å². The van der Waals surface area contributed by atoms with Gasteiger partial charge in [0, 0.05) is 32.9 Å². The van der Waals surface area contributed by atoms with Gasteiger partial charge in [0.2, 0.25) is 0 Å². The molecule has 2 heteroatoms. The monoisotopic (exact) mass is 686 g/mol. The molecule has 54 heavy (non-hydrogen) atoms. The van der Waals surface area contributed by atoms with Gasteiger partial charge in [-0.2, -0.15) is 0 Å². The van der Waals surface area contributed by atoms with E-state index >= 15 is 0 Å². The molecule has 252 valence electrons. The topological polar surface area (TPSA) is 9.86 Å². The van der Waals surface area contributed by atoms with Gasteiger partial charge in [-0.15, -0.1) is 0 Å². The molecule has 0 N–H and O–H groups in total. The number of fused-ring (bicyclic) bond motifs is 7. The van der Waals surface area contributed by atoms with Gasteiger partial charge in [-0.05, 0) is 105 Å². The predicted molar refractivity (Wildman–Crippen MR) is 229 cm³/mol. The lowest BCUT2D eigenvalue weighted by Crippen LogP contribution is -1.94. The molecule has 2 heterocycles. The van der Waals surface area contributed by atoms with E-state index < -0.39 is 0 Å². The van der Waals surface area contributed by atoms with Crippen molar-refractivity contribution in [3.63, 3.8) is 0 Å². The first-order valence-corrected chi connectivity index (χ1v) is 18.6. The molecule has 0 bridgehead atoms. The molecule has 9 aromatic carbocycles. The highest BCUT2D eigenvalue weighted by molar-refractivity contribution is 6.12. The zero-order chi connectivity index (χ0) is 35.6. The first-order valence-electron chi connectivity index (χ1n) is 18.6. The van der Waals surface area contributed by atoms with Crippen LogP contribution in [0.5, 0.6) is 0 Å². The number of benzene rings is 9. The standard InChI is InChI=1S/C52H34N2/c1-3-11-35(12-4-1)40-25-29-50-47(32-40)48-33-41(26-30-51(48)53(50)43-15-5-2-6-16-43)37-19-21-38(22-20-37)42-24-28-46-45-17-9-10-18-49(45)54(52(46)34-42)44-27-23-36-13-7-8-14-39(36)31-44/h1-34H. The summed E-state index contributed by atoms with van der Waals surface area (Å²) in [4.78, 5) is 0. The third kappa shape index (κ3) is 4.88. The Kier molecular flexibility index (Phi) is 6.90. The van der Waals surface area contributed by atoms with Crippen molar-refractivity contribution in [2.75, 3.05) is 0 Å². The molecule has 2 nitrogen and oxygen atoms in total. The van der Waals surface area contributed by atoms with E-state index in [1.807, 2.05) is 0 Å². The minimum absolute atomic E-state index is 1.17. The highest BCUT2D eigenvalue weighted by Crippen LogP contribution is 2.39. The Morgan fingerprint density at radius 3 is 1.41 bits per heavy atom. The molecule has 11 aromatic rings. The smallest absolute Gasteiger partial charge is 0.0547 e. The van der Waals surface area contributed by atoms with Crippen LogP contribution in [0.15, 0.2) is 206 Å². The molecule has 0 fully saturated rings. The van der Waals surface area contributed by atoms with Crippen LogP contribution in [-0.2, 0) is 0 Å². The summed E-state index contributed by atoms with van der Waals surface area (Å²) < 4.78 is 4.80. The van der Waals surface area contributed by atoms with Crippen molar-refractivity contribution in [1.82, 2.24) is 9.13 Å². The third-order valence-electron chi connectivity index (χ3n) is 11.1. The molecule has 0 saturated heterocycles. The van der Waals surface area contributed by atoms with Gasteiger partial charge in [-0.25, -0.2) is 0 Å². The highest BCUT2D eigenvalue weighted by Gasteiger charge is 2.16. The normalized spacial score (nSPS) is 11.7. The largest absolute Gasteiger partial charge is 0.309 e. The Labute approximate surface area is 313 Å². The maximum Gasteiger partial charge on any atom is 0.0547 e. The van der Waals surface area contributed by atoms with Gasteiger partial charge in [0.25, 0.3) is 0 Å². The average Bonchev–Trinajstić information content (AvgIpc) is 3.76. The molecule has 0 aliphatic rings. The third-order valence-corrected chi connectivity index (χ3v) is 11.1. The Hall–Kier alpha value is -7.16. The number of para-hydroxylation sites is 2. The highest BCUT2D eigenvalue weighted by atomic mass is 15.0. The van der Waals surface area contributed by atoms with Crippen molar-refractivity contribution in [1.29, 1.82) is 0 Å². The first kappa shape index (κ1) is 30.5. The van der Waals surface area contributed by atoms with Gasteiger partial charge in [0.1, 0.15) is 0 Å². The van der Waals surface area contributed by atoms with Crippen LogP contribution >= 0.6 is 0 Å². The molecule has 0 aliphatic carbocycles. The molecule has 0 amide bonds. The summed E-state index contributed by atoms with van der Waals surface area (Å²) in [6.07, 6.45) is 0. The first-order chi connectivity index (χ1) is 26.8. The molecular weight excluding hydrogens is 653 g/mol. The van der Waals surface area contributed by atoms with E-state index in [-0.39, 0.29) is 0 Å². The van der Waals surface area contributed by atoms with Crippen molar-refractivity contribution in [3.8, 4) is 44.8 Å². The summed E-state index contributed by atoms with van der Waals surface area (Å²) in [7, 11) is 0. The molecule has 0 unspecified atom stereocenters. The number of aromatic nitrogens is 2. The van der Waals surface area contributed by atoms with Crippen molar-refractivity contribution in [3.05, 3.63) is 206 Å². The van der Waals surface area contributed by atoms with E-state index in [0.29, 0.717) is 0 Å². The molecule has 0 spiro atoms. The number of hydrogen-bond acceptors (Lipinski definition) is 0. The van der Waals surface area contributed by atoms with Crippen LogP contribution in [0, 0.1) is 0 Å². The molecule has 0 aliphatic heterocycles. The van der Waals surface area contributed by atoms with E-state index in [2.05, 4.69) is 215 Å². The van der Waals surface area contributed by atoms with Crippen LogP contribution in [0.3, 0.4) is 0 Å². The van der Waals surface area contributed by atoms with Crippen LogP contribution in [0.4, 0.5) is 0 Å². The van der Waals surface area contributed by atoms with E-state index in [1.54, 1.807) is 0 Å². The Morgan fingerprint density at radius 1 is 0.222 bits per heavy atom. The van der Waals surface area contributed by atoms with Crippen LogP contribution in [0.1, 0.15) is 0 Å². The Balaban J connectivity index is 1.02. The van der Waals surface area contributed by atoms with E-state index in [0.717, 1.165) is 0 Å². The van der Waals surface area contributed by atoms with Crippen molar-refractivity contribution < 1.29 is 0 Å². The van der Waals surface area contributed by atoms with E-state index in [4.69, 9.17) is 0 Å². The number of hydrogen-bond donors (Lipinski definition) is 0. The van der Waals surface area contributed by atoms with Gasteiger partial charge in [0.15, 0.2) is 0 Å². The lowest BCUT2D eigenvalue weighted by molar-refractivity contribution is 1.18. The fourth-order valence-corrected chi connectivity index (χ4v) is 8.47. The zero-order valence-corrected chi connectivity index (χ0v) is 29.5. The Morgan fingerprint density at radius 2 is 0.704 bits per heavy atom. The van der Waals surface area contributed by atoms with Gasteiger partial charge in [-0.1, -0.05) is 146 Å². The summed E-state index contributed by atoms with van der Waals surface area (Å²) in [6, 6.07) is 75.2. The van der Waals surface area contributed by atoms with Crippen LogP contribution < -0.4 is 0 Å². The molecule has 0 radical (unpaired) electrons. The second kappa shape index (κ2) is 12.2. The Bertz CT molecular complexity index is 3180. The van der Waals surface area contributed by atoms with E-state index in [9.17, 15) is 0 Å². The summed E-state index contributed by atoms with van der Waals surface area (Å²) in [6.45, 7) is 0. The second-order valence-corrected chi connectivity index (χ2v) is 14.2. The van der Waals surface area contributed by atoms with Crippen molar-refractivity contribution in [2.24, 2.45) is 0 Å². The lowest BCUT2D eigenvalue weighted by Gasteiger charge is -2.11. The fraction of sp³-hybridized carbons (Fsp3) is 0.